The van der Waals surface area contributed by atoms with E-state index in [-0.39, 0.29) is 11.8 Å². The van der Waals surface area contributed by atoms with Crippen LogP contribution in [0, 0.1) is 5.92 Å². The summed E-state index contributed by atoms with van der Waals surface area (Å²) in [5.41, 5.74) is 1.47. The van der Waals surface area contributed by atoms with E-state index in [2.05, 4.69) is 27.2 Å². The minimum absolute atomic E-state index is 0.141. The molecule has 1 aliphatic heterocycles. The van der Waals surface area contributed by atoms with Crippen molar-refractivity contribution in [2.75, 3.05) is 37.7 Å². The molecule has 0 aromatic carbocycles. The van der Waals surface area contributed by atoms with Gasteiger partial charge in [0, 0.05) is 50.5 Å². The lowest BCUT2D eigenvalue weighted by molar-refractivity contribution is 0.0941. The largest absolute Gasteiger partial charge is 0.378 e. The van der Waals surface area contributed by atoms with Crippen molar-refractivity contribution in [3.63, 3.8) is 0 Å². The number of anilines is 1. The van der Waals surface area contributed by atoms with Gasteiger partial charge in [-0.2, -0.15) is 5.10 Å². The first-order valence-corrected chi connectivity index (χ1v) is 8.27. The van der Waals surface area contributed by atoms with E-state index in [1.54, 1.807) is 12.4 Å². The Hall–Kier alpha value is -2.41. The van der Waals surface area contributed by atoms with E-state index in [1.165, 1.54) is 0 Å². The van der Waals surface area contributed by atoms with Crippen molar-refractivity contribution >= 4 is 11.6 Å². The van der Waals surface area contributed by atoms with Crippen molar-refractivity contribution in [1.82, 2.24) is 20.1 Å². The highest BCUT2D eigenvalue weighted by Crippen LogP contribution is 2.16. The quantitative estimate of drug-likeness (QED) is 0.862. The average Bonchev–Trinajstić information content (AvgIpc) is 3.13. The van der Waals surface area contributed by atoms with E-state index in [4.69, 9.17) is 4.74 Å². The minimum atomic E-state index is -0.141. The van der Waals surface area contributed by atoms with Gasteiger partial charge in [-0.15, -0.1) is 0 Å². The summed E-state index contributed by atoms with van der Waals surface area (Å²) in [6.45, 7) is 6.55. The Kier molecular flexibility index (Phi) is 5.43. The van der Waals surface area contributed by atoms with Gasteiger partial charge in [0.05, 0.1) is 13.2 Å². The van der Waals surface area contributed by atoms with Crippen LogP contribution < -0.4 is 10.2 Å². The lowest BCUT2D eigenvalue weighted by atomic mass is 10.2. The number of aromatic nitrogens is 3. The number of pyridine rings is 1. The number of carbonyl (C=O) groups is 1. The van der Waals surface area contributed by atoms with Gasteiger partial charge in [0.1, 0.15) is 5.69 Å². The summed E-state index contributed by atoms with van der Waals surface area (Å²) in [7, 11) is 0. The van der Waals surface area contributed by atoms with Crippen molar-refractivity contribution in [1.29, 1.82) is 0 Å². The summed E-state index contributed by atoms with van der Waals surface area (Å²) in [5.74, 6) is 0.147. The van der Waals surface area contributed by atoms with Crippen LogP contribution in [0.2, 0.25) is 0 Å². The fraction of sp³-hybridized carbons (Fsp3) is 0.471. The number of ether oxygens (including phenoxy) is 1. The van der Waals surface area contributed by atoms with Crippen molar-refractivity contribution in [3.05, 3.63) is 42.5 Å². The fourth-order valence-corrected chi connectivity index (χ4v) is 2.71. The predicted octanol–water partition coefficient (Wildman–Crippen LogP) is 1.18. The zero-order valence-electron chi connectivity index (χ0n) is 13.9. The topological polar surface area (TPSA) is 72.3 Å². The summed E-state index contributed by atoms with van der Waals surface area (Å²) in [6, 6.07) is 5.67. The van der Waals surface area contributed by atoms with Gasteiger partial charge in [-0.3, -0.25) is 14.5 Å². The maximum Gasteiger partial charge on any atom is 0.269 e. The van der Waals surface area contributed by atoms with Crippen molar-refractivity contribution in [2.45, 2.75) is 13.5 Å². The molecule has 1 N–H and O–H groups in total. The SMILES string of the molecule is C[C@H](CNC(=O)c1cc(N2CCOCC2)ccn1)Cn1cccn1. The molecular formula is C17H23N5O2. The van der Waals surface area contributed by atoms with Crippen molar-refractivity contribution < 1.29 is 9.53 Å². The molecule has 1 aliphatic rings. The van der Waals surface area contributed by atoms with Gasteiger partial charge >= 0.3 is 0 Å². The van der Waals surface area contributed by atoms with E-state index in [9.17, 15) is 4.79 Å². The van der Waals surface area contributed by atoms with Crippen LogP contribution in [0.4, 0.5) is 5.69 Å². The molecule has 1 amide bonds. The number of rotatable bonds is 6. The second-order valence-electron chi connectivity index (χ2n) is 6.04. The molecule has 0 bridgehead atoms. The fourth-order valence-electron chi connectivity index (χ4n) is 2.71. The van der Waals surface area contributed by atoms with Gasteiger partial charge < -0.3 is 15.0 Å². The summed E-state index contributed by atoms with van der Waals surface area (Å²) >= 11 is 0. The van der Waals surface area contributed by atoms with Crippen LogP contribution in [-0.2, 0) is 11.3 Å². The number of hydrogen-bond acceptors (Lipinski definition) is 5. The summed E-state index contributed by atoms with van der Waals surface area (Å²) in [5, 5.41) is 7.14. The smallest absolute Gasteiger partial charge is 0.269 e. The highest BCUT2D eigenvalue weighted by Gasteiger charge is 2.15. The second kappa shape index (κ2) is 7.92. The Morgan fingerprint density at radius 2 is 2.21 bits per heavy atom. The van der Waals surface area contributed by atoms with Gasteiger partial charge in [-0.1, -0.05) is 6.92 Å². The van der Waals surface area contributed by atoms with Gasteiger partial charge in [0.15, 0.2) is 0 Å². The molecular weight excluding hydrogens is 306 g/mol. The first kappa shape index (κ1) is 16.4. The molecule has 1 atom stereocenters. The average molecular weight is 329 g/mol. The molecule has 1 saturated heterocycles. The molecule has 24 heavy (non-hydrogen) atoms. The molecule has 0 saturated carbocycles. The first-order chi connectivity index (χ1) is 11.7. The normalized spacial score (nSPS) is 16.0. The van der Waals surface area contributed by atoms with E-state index in [0.717, 1.165) is 38.5 Å². The van der Waals surface area contributed by atoms with Crippen LogP contribution in [0.3, 0.4) is 0 Å². The highest BCUT2D eigenvalue weighted by molar-refractivity contribution is 5.93. The van der Waals surface area contributed by atoms with Gasteiger partial charge in [-0.25, -0.2) is 0 Å². The Balaban J connectivity index is 1.54. The Bertz CT molecular complexity index is 653. The maximum atomic E-state index is 12.3. The molecule has 1 fully saturated rings. The standard InChI is InChI=1S/C17H23N5O2/c1-14(13-22-6-2-4-20-22)12-19-17(23)16-11-15(3-5-18-16)21-7-9-24-10-8-21/h2-6,11,14H,7-10,12-13H2,1H3,(H,19,23)/t14-/m1/s1. The van der Waals surface area contributed by atoms with E-state index in [1.807, 2.05) is 29.1 Å². The van der Waals surface area contributed by atoms with Crippen LogP contribution in [0.15, 0.2) is 36.8 Å². The van der Waals surface area contributed by atoms with Crippen molar-refractivity contribution in [3.8, 4) is 0 Å². The van der Waals surface area contributed by atoms with Crippen LogP contribution in [0.25, 0.3) is 0 Å². The van der Waals surface area contributed by atoms with Gasteiger partial charge in [0.25, 0.3) is 5.91 Å². The minimum Gasteiger partial charge on any atom is -0.378 e. The molecule has 0 radical (unpaired) electrons. The lowest BCUT2D eigenvalue weighted by Gasteiger charge is -2.28. The van der Waals surface area contributed by atoms with Crippen molar-refractivity contribution in [2.24, 2.45) is 5.92 Å². The molecule has 2 aromatic rings. The number of morpholine rings is 1. The summed E-state index contributed by atoms with van der Waals surface area (Å²) < 4.78 is 7.23. The zero-order chi connectivity index (χ0) is 16.8. The number of amides is 1. The molecule has 3 rings (SSSR count). The number of nitrogens with zero attached hydrogens (tertiary/aromatic N) is 4. The highest BCUT2D eigenvalue weighted by atomic mass is 16.5. The zero-order valence-corrected chi connectivity index (χ0v) is 13.9. The monoisotopic (exact) mass is 329 g/mol. The van der Waals surface area contributed by atoms with E-state index in [0.29, 0.717) is 12.2 Å². The van der Waals surface area contributed by atoms with Crippen LogP contribution in [0.5, 0.6) is 0 Å². The van der Waals surface area contributed by atoms with Gasteiger partial charge in [0.2, 0.25) is 0 Å². The molecule has 7 nitrogen and oxygen atoms in total. The van der Waals surface area contributed by atoms with E-state index < -0.39 is 0 Å². The molecule has 128 valence electrons. The Morgan fingerprint density at radius 3 is 2.96 bits per heavy atom. The molecule has 3 heterocycles. The molecule has 0 aliphatic carbocycles. The lowest BCUT2D eigenvalue weighted by Crippen LogP contribution is -2.36. The first-order valence-electron chi connectivity index (χ1n) is 8.27. The number of hydrogen-bond donors (Lipinski definition) is 1. The molecule has 2 aromatic heterocycles. The molecule has 0 spiro atoms. The second-order valence-corrected chi connectivity index (χ2v) is 6.04. The van der Waals surface area contributed by atoms with Crippen LogP contribution in [0.1, 0.15) is 17.4 Å². The third-order valence-electron chi connectivity index (χ3n) is 4.02. The third kappa shape index (κ3) is 4.32. The predicted molar refractivity (Wildman–Crippen MR) is 91.0 cm³/mol. The molecule has 0 unspecified atom stereocenters. The number of nitrogens with one attached hydrogen (secondary N) is 1. The summed E-state index contributed by atoms with van der Waals surface area (Å²) in [6.07, 6.45) is 5.37. The maximum absolute atomic E-state index is 12.3. The third-order valence-corrected chi connectivity index (χ3v) is 4.02. The number of carbonyl (C=O) groups excluding carboxylic acids is 1. The van der Waals surface area contributed by atoms with Gasteiger partial charge in [-0.05, 0) is 24.1 Å². The Morgan fingerprint density at radius 1 is 1.38 bits per heavy atom. The molecule has 7 heteroatoms. The van der Waals surface area contributed by atoms with E-state index >= 15 is 0 Å². The summed E-state index contributed by atoms with van der Waals surface area (Å²) in [4.78, 5) is 18.8. The van der Waals surface area contributed by atoms with Crippen LogP contribution >= 0.6 is 0 Å². The Labute approximate surface area is 141 Å². The van der Waals surface area contributed by atoms with Crippen LogP contribution in [-0.4, -0.2) is 53.5 Å².